The van der Waals surface area contributed by atoms with Crippen LogP contribution in [0.1, 0.15) is 38.5 Å². The molecule has 4 N–H and O–H groups in total. The highest BCUT2D eigenvalue weighted by atomic mass is 32.1. The second kappa shape index (κ2) is 5.65. The highest BCUT2D eigenvalue weighted by Gasteiger charge is 2.27. The standard InChI is InChI=1S/C14H18N4OS2/c1-7-5-10(20-8(7)2)6-16-14-11(12(15)18-21-14)13(19)17-9-3-4-9/h5,9,16H,3-4,6H2,1-2H3,(H2,15,18)(H,17,19). The van der Waals surface area contributed by atoms with Crippen molar-refractivity contribution in [3.05, 3.63) is 26.9 Å². The predicted octanol–water partition coefficient (Wildman–Crippen LogP) is 2.91. The van der Waals surface area contributed by atoms with Gasteiger partial charge in [0.2, 0.25) is 0 Å². The van der Waals surface area contributed by atoms with E-state index in [-0.39, 0.29) is 5.91 Å². The van der Waals surface area contributed by atoms with Gasteiger partial charge in [0, 0.05) is 15.8 Å². The van der Waals surface area contributed by atoms with Crippen molar-refractivity contribution in [1.29, 1.82) is 0 Å². The molecule has 1 aliphatic carbocycles. The fourth-order valence-electron chi connectivity index (χ4n) is 2.03. The zero-order chi connectivity index (χ0) is 15.0. The van der Waals surface area contributed by atoms with E-state index < -0.39 is 0 Å². The third kappa shape index (κ3) is 3.19. The molecule has 112 valence electrons. The van der Waals surface area contributed by atoms with E-state index >= 15 is 0 Å². The Hall–Kier alpha value is -1.60. The van der Waals surface area contributed by atoms with Crippen LogP contribution in [0.2, 0.25) is 0 Å². The third-order valence-corrected chi connectivity index (χ3v) is 5.47. The second-order valence-corrected chi connectivity index (χ2v) is 7.44. The second-order valence-electron chi connectivity index (χ2n) is 5.33. The molecule has 7 heteroatoms. The number of nitrogens with one attached hydrogen (secondary N) is 2. The molecule has 2 heterocycles. The van der Waals surface area contributed by atoms with Gasteiger partial charge in [0.25, 0.3) is 5.91 Å². The molecule has 2 aromatic heterocycles. The molecule has 0 aliphatic heterocycles. The molecule has 1 aliphatic rings. The molecule has 2 aromatic rings. The van der Waals surface area contributed by atoms with Gasteiger partial charge in [-0.2, -0.15) is 4.37 Å². The molecule has 0 spiro atoms. The maximum Gasteiger partial charge on any atom is 0.258 e. The van der Waals surface area contributed by atoms with Crippen LogP contribution in [-0.2, 0) is 6.54 Å². The first-order chi connectivity index (χ1) is 10.0. The van der Waals surface area contributed by atoms with Crippen molar-refractivity contribution >= 4 is 39.6 Å². The van der Waals surface area contributed by atoms with Crippen LogP contribution in [0.5, 0.6) is 0 Å². The summed E-state index contributed by atoms with van der Waals surface area (Å²) in [5.41, 5.74) is 7.62. The van der Waals surface area contributed by atoms with E-state index in [0.29, 0.717) is 24.0 Å². The van der Waals surface area contributed by atoms with Gasteiger partial charge in [-0.15, -0.1) is 11.3 Å². The monoisotopic (exact) mass is 322 g/mol. The Bertz CT molecular complexity index is 653. The smallest absolute Gasteiger partial charge is 0.258 e. The molecule has 0 unspecified atom stereocenters. The van der Waals surface area contributed by atoms with Crippen molar-refractivity contribution in [3.8, 4) is 0 Å². The normalized spacial score (nSPS) is 14.2. The van der Waals surface area contributed by atoms with Gasteiger partial charge < -0.3 is 16.4 Å². The summed E-state index contributed by atoms with van der Waals surface area (Å²) < 4.78 is 4.10. The summed E-state index contributed by atoms with van der Waals surface area (Å²) in [6.07, 6.45) is 2.11. The summed E-state index contributed by atoms with van der Waals surface area (Å²) in [5.74, 6) is 0.184. The molecular weight excluding hydrogens is 304 g/mol. The van der Waals surface area contributed by atoms with E-state index in [1.165, 1.54) is 26.9 Å². The third-order valence-electron chi connectivity index (χ3n) is 3.50. The highest BCUT2D eigenvalue weighted by Crippen LogP contribution is 2.30. The summed E-state index contributed by atoms with van der Waals surface area (Å²) in [6, 6.07) is 2.48. The Kier molecular flexibility index (Phi) is 3.86. The quantitative estimate of drug-likeness (QED) is 0.791. The van der Waals surface area contributed by atoms with Gasteiger partial charge >= 0.3 is 0 Å². The summed E-state index contributed by atoms with van der Waals surface area (Å²) in [4.78, 5) is 14.8. The number of rotatable bonds is 5. The molecule has 1 fully saturated rings. The van der Waals surface area contributed by atoms with Crippen LogP contribution in [0.3, 0.4) is 0 Å². The summed E-state index contributed by atoms with van der Waals surface area (Å²) in [5, 5.41) is 7.00. The fourth-order valence-corrected chi connectivity index (χ4v) is 3.73. The van der Waals surface area contributed by atoms with E-state index in [1.807, 2.05) is 0 Å². The van der Waals surface area contributed by atoms with Gasteiger partial charge in [0.1, 0.15) is 10.6 Å². The first-order valence-corrected chi connectivity index (χ1v) is 8.49. The van der Waals surface area contributed by atoms with Crippen LogP contribution < -0.4 is 16.4 Å². The number of carbonyl (C=O) groups is 1. The van der Waals surface area contributed by atoms with E-state index in [0.717, 1.165) is 17.8 Å². The number of hydrogen-bond acceptors (Lipinski definition) is 6. The average Bonchev–Trinajstić information content (AvgIpc) is 3.08. The first-order valence-electron chi connectivity index (χ1n) is 6.90. The Morgan fingerprint density at radius 3 is 2.86 bits per heavy atom. The fraction of sp³-hybridized carbons (Fsp3) is 0.429. The molecule has 3 rings (SSSR count). The van der Waals surface area contributed by atoms with Crippen molar-refractivity contribution in [3.63, 3.8) is 0 Å². The number of amides is 1. The number of anilines is 2. The topological polar surface area (TPSA) is 80.0 Å². The summed E-state index contributed by atoms with van der Waals surface area (Å²) >= 11 is 3.01. The number of aromatic nitrogens is 1. The van der Waals surface area contributed by atoms with Gasteiger partial charge in [-0.25, -0.2) is 0 Å². The van der Waals surface area contributed by atoms with Crippen molar-refractivity contribution in [2.24, 2.45) is 0 Å². The van der Waals surface area contributed by atoms with Gasteiger partial charge in [0.05, 0.1) is 6.54 Å². The zero-order valence-electron chi connectivity index (χ0n) is 12.0. The maximum absolute atomic E-state index is 12.2. The predicted molar refractivity (Wildman–Crippen MR) is 88.1 cm³/mol. The minimum Gasteiger partial charge on any atom is -0.382 e. The number of carbonyl (C=O) groups excluding carboxylic acids is 1. The zero-order valence-corrected chi connectivity index (χ0v) is 13.7. The van der Waals surface area contributed by atoms with Crippen LogP contribution in [-0.4, -0.2) is 16.3 Å². The van der Waals surface area contributed by atoms with Crippen molar-refractivity contribution < 1.29 is 4.79 Å². The van der Waals surface area contributed by atoms with Crippen LogP contribution >= 0.6 is 22.9 Å². The molecule has 1 amide bonds. The number of nitrogens with zero attached hydrogens (tertiary/aromatic N) is 1. The number of nitrogen functional groups attached to an aromatic ring is 1. The largest absolute Gasteiger partial charge is 0.382 e. The lowest BCUT2D eigenvalue weighted by Gasteiger charge is -2.06. The van der Waals surface area contributed by atoms with Crippen molar-refractivity contribution in [1.82, 2.24) is 9.69 Å². The molecule has 0 atom stereocenters. The molecule has 0 radical (unpaired) electrons. The van der Waals surface area contributed by atoms with E-state index in [2.05, 4.69) is 34.9 Å². The highest BCUT2D eigenvalue weighted by molar-refractivity contribution is 7.12. The lowest BCUT2D eigenvalue weighted by molar-refractivity contribution is 0.0953. The Labute approximate surface area is 131 Å². The van der Waals surface area contributed by atoms with Gasteiger partial charge in [-0.1, -0.05) is 0 Å². The lowest BCUT2D eigenvalue weighted by atomic mass is 10.2. The molecule has 5 nitrogen and oxygen atoms in total. The number of hydrogen-bond donors (Lipinski definition) is 3. The molecular formula is C14H18N4OS2. The first kappa shape index (κ1) is 14.3. The summed E-state index contributed by atoms with van der Waals surface area (Å²) in [7, 11) is 0. The Balaban J connectivity index is 1.71. The molecule has 0 aromatic carbocycles. The number of aryl methyl sites for hydroxylation is 2. The minimum atomic E-state index is -0.121. The Morgan fingerprint density at radius 2 is 2.24 bits per heavy atom. The minimum absolute atomic E-state index is 0.121. The van der Waals surface area contributed by atoms with Crippen LogP contribution in [0.4, 0.5) is 10.8 Å². The lowest BCUT2D eigenvalue weighted by Crippen LogP contribution is -2.26. The van der Waals surface area contributed by atoms with Crippen molar-refractivity contribution in [2.75, 3.05) is 11.1 Å². The number of thiophene rings is 1. The van der Waals surface area contributed by atoms with Crippen LogP contribution in [0.15, 0.2) is 6.07 Å². The van der Waals surface area contributed by atoms with Crippen molar-refractivity contribution in [2.45, 2.75) is 39.3 Å². The SMILES string of the molecule is Cc1cc(CNc2snc(N)c2C(=O)NC2CC2)sc1C. The van der Waals surface area contributed by atoms with E-state index in [4.69, 9.17) is 5.73 Å². The average molecular weight is 322 g/mol. The van der Waals surface area contributed by atoms with Gasteiger partial charge in [-0.05, 0) is 49.9 Å². The van der Waals surface area contributed by atoms with Gasteiger partial charge in [0.15, 0.2) is 5.82 Å². The van der Waals surface area contributed by atoms with E-state index in [1.54, 1.807) is 11.3 Å². The van der Waals surface area contributed by atoms with Crippen LogP contribution in [0, 0.1) is 13.8 Å². The summed E-state index contributed by atoms with van der Waals surface area (Å²) in [6.45, 7) is 4.90. The van der Waals surface area contributed by atoms with Gasteiger partial charge in [-0.3, -0.25) is 4.79 Å². The molecule has 0 saturated heterocycles. The molecule has 21 heavy (non-hydrogen) atoms. The molecule has 1 saturated carbocycles. The molecule has 0 bridgehead atoms. The number of nitrogens with two attached hydrogens (primary N) is 1. The van der Waals surface area contributed by atoms with Crippen LogP contribution in [0.25, 0.3) is 0 Å². The van der Waals surface area contributed by atoms with E-state index in [9.17, 15) is 4.79 Å². The Morgan fingerprint density at radius 1 is 1.48 bits per heavy atom. The maximum atomic E-state index is 12.2.